The molecule has 0 aliphatic heterocycles. The summed E-state index contributed by atoms with van der Waals surface area (Å²) < 4.78 is 8.56. The van der Waals surface area contributed by atoms with Crippen LogP contribution in [0.5, 0.6) is 0 Å². The summed E-state index contributed by atoms with van der Waals surface area (Å²) in [4.78, 5) is 36.2. The number of carbonyl (C=O) groups excluding carboxylic acids is 4. The summed E-state index contributed by atoms with van der Waals surface area (Å²) in [6.07, 6.45) is 0. The van der Waals surface area contributed by atoms with Crippen LogP contribution < -0.4 is 34.7 Å². The molecule has 0 aromatic rings. The predicted octanol–water partition coefficient (Wildman–Crippen LogP) is -3.11. The Kier molecular flexibility index (Phi) is 59.0. The fourth-order valence-electron chi connectivity index (χ4n) is 0.272. The molecular weight excluding hydrogens is 291 g/mol. The number of carboxylic acid groups (broad SMARTS) is 1. The summed E-state index contributed by atoms with van der Waals surface area (Å²) in [5, 5.41) is 7.89. The van der Waals surface area contributed by atoms with Crippen LogP contribution >= 0.6 is 11.6 Å². The van der Waals surface area contributed by atoms with Gasteiger partial charge in [0, 0.05) is 33.5 Å². The normalized spacial score (nSPS) is 6.37. The molecule has 0 heterocycles. The summed E-state index contributed by atoms with van der Waals surface area (Å²) >= 11 is 4.64. The van der Waals surface area contributed by atoms with E-state index < -0.39 is 12.4 Å². The van der Waals surface area contributed by atoms with Crippen LogP contribution in [0.4, 0.5) is 0 Å². The first kappa shape index (κ1) is 31.1. The maximum absolute atomic E-state index is 9.59. The van der Waals surface area contributed by atoms with Gasteiger partial charge in [0.15, 0.2) is 0 Å². The van der Waals surface area contributed by atoms with E-state index in [1.54, 1.807) is 0 Å². The average Bonchev–Trinajstić information content (AvgIpc) is 2.19. The molecule has 0 aliphatic rings. The minimum absolute atomic E-state index is 0. The molecule has 0 saturated carbocycles. The molecule has 0 aliphatic carbocycles. The summed E-state index contributed by atoms with van der Waals surface area (Å²) in [6.45, 7) is 7.72. The molecule has 9 heteroatoms. The van der Waals surface area contributed by atoms with Crippen molar-refractivity contribution in [2.45, 2.75) is 27.7 Å². The molecule has 0 bridgehead atoms. The summed E-state index contributed by atoms with van der Waals surface area (Å²) in [5.74, 6) is -0.579. The van der Waals surface area contributed by atoms with Crippen LogP contribution in [0.2, 0.25) is 0 Å². The third-order valence-corrected chi connectivity index (χ3v) is 0.622. The number of carbonyl (C=O) groups is 4. The van der Waals surface area contributed by atoms with E-state index in [0.717, 1.165) is 20.1 Å². The monoisotopic (exact) mass is 308 g/mol. The van der Waals surface area contributed by atoms with Gasteiger partial charge in [0.1, 0.15) is 0 Å². The third-order valence-electron chi connectivity index (χ3n) is 0.622. The van der Waals surface area contributed by atoms with Crippen molar-refractivity contribution in [2.75, 3.05) is 13.2 Å². The molecule has 0 unspecified atom stereocenters. The van der Waals surface area contributed by atoms with Gasteiger partial charge >= 0.3 is 42.0 Å². The molecule has 0 aromatic heterocycles. The first-order chi connectivity index (χ1) is 8.33. The molecule has 0 rings (SSSR count). The molecule has 0 fully saturated rings. The van der Waals surface area contributed by atoms with Gasteiger partial charge in [-0.05, 0) is 25.4 Å². The Morgan fingerprint density at radius 2 is 1.42 bits per heavy atom. The van der Waals surface area contributed by atoms with Crippen LogP contribution in [0.1, 0.15) is 27.7 Å². The fourth-order valence-corrected chi connectivity index (χ4v) is 0.272. The fraction of sp³-hybridized carbons (Fsp3) is 0.600. The Labute approximate surface area is 139 Å². The minimum atomic E-state index is -0.579. The Bertz CT molecular complexity index is 206. The molecule has 0 amide bonds. The van der Waals surface area contributed by atoms with Crippen molar-refractivity contribution < 1.29 is 63.3 Å². The molecule has 7 nitrogen and oxygen atoms in total. The Hall–Kier alpha value is -0.470. The number of hydrogen-bond acceptors (Lipinski definition) is 7. The first-order valence-electron chi connectivity index (χ1n) is 4.74. The molecule has 0 spiro atoms. The van der Waals surface area contributed by atoms with Crippen LogP contribution in [0.3, 0.4) is 0 Å². The van der Waals surface area contributed by atoms with Crippen LogP contribution in [-0.2, 0) is 28.7 Å². The van der Waals surface area contributed by atoms with Gasteiger partial charge in [0.2, 0.25) is 5.24 Å². The summed E-state index contributed by atoms with van der Waals surface area (Å²) in [5.41, 5.74) is 0. The molecule has 0 N–H and O–H groups in total. The van der Waals surface area contributed by atoms with Crippen molar-refractivity contribution in [1.29, 1.82) is 0 Å². The zero-order valence-corrected chi connectivity index (χ0v) is 14.6. The van der Waals surface area contributed by atoms with Crippen molar-refractivity contribution in [2.24, 2.45) is 0 Å². The second-order valence-corrected chi connectivity index (χ2v) is 2.59. The van der Waals surface area contributed by atoms with Crippen LogP contribution in [-0.4, -0.2) is 37.4 Å². The molecule has 0 radical (unpaired) electrons. The molecule has 0 atom stereocenters. The van der Waals surface area contributed by atoms with E-state index in [9.17, 15) is 14.4 Å². The van der Waals surface area contributed by atoms with Gasteiger partial charge < -0.3 is 19.4 Å². The predicted molar refractivity (Wildman–Crippen MR) is 62.6 cm³/mol. The maximum atomic E-state index is 9.59. The van der Waals surface area contributed by atoms with Gasteiger partial charge in [-0.2, -0.15) is 0 Å². The Morgan fingerprint density at radius 3 is 1.42 bits per heavy atom. The van der Waals surface area contributed by atoms with E-state index in [1.165, 1.54) is 6.92 Å². The minimum Gasteiger partial charge on any atom is -0.554 e. The number of hydrogen-bond donors (Lipinski definition) is 0. The zero-order chi connectivity index (χ0) is 15.4. The smallest absolute Gasteiger partial charge is 0.554 e. The SMILES string of the molecule is CC(=O)Cl.CC(=O)OC=O.CCOCC.O=C[O-].[Na+]. The van der Waals surface area contributed by atoms with Gasteiger partial charge in [-0.1, -0.05) is 0 Å². The van der Waals surface area contributed by atoms with Crippen LogP contribution in [0.15, 0.2) is 0 Å². The van der Waals surface area contributed by atoms with Gasteiger partial charge in [0.25, 0.3) is 0 Å². The largest absolute Gasteiger partial charge is 1.00 e. The van der Waals surface area contributed by atoms with Crippen molar-refractivity contribution in [1.82, 2.24) is 0 Å². The second-order valence-electron chi connectivity index (χ2n) is 2.05. The van der Waals surface area contributed by atoms with E-state index in [4.69, 9.17) is 14.6 Å². The number of esters is 1. The summed E-state index contributed by atoms with van der Waals surface area (Å²) in [6, 6.07) is 0. The molecule has 0 saturated heterocycles. The molecule has 19 heavy (non-hydrogen) atoms. The zero-order valence-electron chi connectivity index (χ0n) is 11.8. The van der Waals surface area contributed by atoms with Crippen LogP contribution in [0, 0.1) is 0 Å². The van der Waals surface area contributed by atoms with Gasteiger partial charge in [-0.3, -0.25) is 14.4 Å². The average molecular weight is 309 g/mol. The third kappa shape index (κ3) is 206. The second kappa shape index (κ2) is 36.0. The van der Waals surface area contributed by atoms with E-state index in [0.29, 0.717) is 0 Å². The quantitative estimate of drug-likeness (QED) is 0.178. The molecule has 108 valence electrons. The maximum Gasteiger partial charge on any atom is 1.00 e. The topological polar surface area (TPSA) is 110 Å². The van der Waals surface area contributed by atoms with Gasteiger partial charge in [0.05, 0.1) is 0 Å². The molecular formula is C10H18ClNaO7. The number of ether oxygens (including phenoxy) is 2. The van der Waals surface area contributed by atoms with E-state index >= 15 is 0 Å². The van der Waals surface area contributed by atoms with Gasteiger partial charge in [-0.25, -0.2) is 0 Å². The van der Waals surface area contributed by atoms with Crippen molar-refractivity contribution >= 4 is 35.8 Å². The Balaban J connectivity index is -0.0000000464. The molecule has 0 aromatic carbocycles. The van der Waals surface area contributed by atoms with E-state index in [-0.39, 0.29) is 41.3 Å². The Morgan fingerprint density at radius 1 is 1.16 bits per heavy atom. The van der Waals surface area contributed by atoms with Crippen molar-refractivity contribution in [3.8, 4) is 0 Å². The standard InChI is InChI=1S/C4H10O.C3H4O3.C2H3ClO.CH2O2.Na/c1-3-5-4-2;1-3(5)6-2-4;1-2(3)4;2-1-3;/h3-4H2,1-2H3;2H,1H3;1H3;1H,(H,2,3);/q;;;;+1/p-1. The van der Waals surface area contributed by atoms with E-state index in [2.05, 4.69) is 16.3 Å². The summed E-state index contributed by atoms with van der Waals surface area (Å²) in [7, 11) is 0. The van der Waals surface area contributed by atoms with Crippen LogP contribution in [0.25, 0.3) is 0 Å². The number of rotatable bonds is 3. The van der Waals surface area contributed by atoms with Crippen molar-refractivity contribution in [3.05, 3.63) is 0 Å². The van der Waals surface area contributed by atoms with E-state index in [1.807, 2.05) is 13.8 Å². The van der Waals surface area contributed by atoms with Gasteiger partial charge in [-0.15, -0.1) is 0 Å². The first-order valence-corrected chi connectivity index (χ1v) is 5.11. The van der Waals surface area contributed by atoms with Crippen molar-refractivity contribution in [3.63, 3.8) is 0 Å². The number of halogens is 1.